The fourth-order valence-corrected chi connectivity index (χ4v) is 9.30. The molecule has 1 aromatic heterocycles. The van der Waals surface area contributed by atoms with Gasteiger partial charge in [-0.1, -0.05) is 56.3 Å². The van der Waals surface area contributed by atoms with Crippen LogP contribution in [-0.4, -0.2) is 95.2 Å². The van der Waals surface area contributed by atoms with Crippen molar-refractivity contribution in [1.82, 2.24) is 25.2 Å². The molecule has 5 atom stereocenters. The van der Waals surface area contributed by atoms with Crippen molar-refractivity contribution in [1.29, 1.82) is 0 Å². The Morgan fingerprint density at radius 1 is 1.04 bits per heavy atom. The number of fused-ring (bicyclic) bond motifs is 2. The second kappa shape index (κ2) is 15.1. The van der Waals surface area contributed by atoms with Crippen molar-refractivity contribution in [3.05, 3.63) is 77.6 Å². The van der Waals surface area contributed by atoms with Gasteiger partial charge in [0.2, 0.25) is 21.8 Å². The van der Waals surface area contributed by atoms with Gasteiger partial charge in [0.15, 0.2) is 5.78 Å². The molecule has 3 N–H and O–H groups in total. The highest BCUT2D eigenvalue weighted by molar-refractivity contribution is 7.91. The Morgan fingerprint density at radius 2 is 1.73 bits per heavy atom. The summed E-state index contributed by atoms with van der Waals surface area (Å²) in [6.07, 6.45) is 6.02. The van der Waals surface area contributed by atoms with Gasteiger partial charge in [0, 0.05) is 23.7 Å². The van der Waals surface area contributed by atoms with Gasteiger partial charge < -0.3 is 25.1 Å². The van der Waals surface area contributed by atoms with Gasteiger partial charge in [-0.2, -0.15) is 0 Å². The number of alkyl carbamates (subject to hydrolysis) is 1. The fourth-order valence-electron chi connectivity index (χ4n) is 7.94. The Hall–Kier alpha value is -5.12. The number of oxime groups is 1. The van der Waals surface area contributed by atoms with Crippen LogP contribution in [0.25, 0.3) is 0 Å². The van der Waals surface area contributed by atoms with E-state index in [1.807, 2.05) is 0 Å². The van der Waals surface area contributed by atoms with Crippen LogP contribution in [0.1, 0.15) is 106 Å². The van der Waals surface area contributed by atoms with Gasteiger partial charge in [-0.05, 0) is 74.8 Å². The molecule has 56 heavy (non-hydrogen) atoms. The van der Waals surface area contributed by atoms with E-state index < -0.39 is 74.1 Å². The number of nitrogens with one attached hydrogen (secondary N) is 3. The van der Waals surface area contributed by atoms with E-state index in [2.05, 4.69) is 32.1 Å². The van der Waals surface area contributed by atoms with Gasteiger partial charge in [0.25, 0.3) is 5.91 Å². The molecule has 0 unspecified atom stereocenters. The van der Waals surface area contributed by atoms with E-state index in [9.17, 15) is 32.4 Å². The number of sulfonamides is 1. The zero-order valence-corrected chi connectivity index (χ0v) is 32.6. The summed E-state index contributed by atoms with van der Waals surface area (Å²) < 4.78 is 33.4. The molecule has 4 amide bonds. The second-order valence-electron chi connectivity index (χ2n) is 16.5. The third kappa shape index (κ3) is 7.80. The summed E-state index contributed by atoms with van der Waals surface area (Å²) in [5.74, 6) is -2.72. The number of carbonyl (C=O) groups excluding carboxylic acids is 5. The molecular weight excluding hydrogens is 741 g/mol. The average Bonchev–Trinajstić information content (AvgIpc) is 4.03. The molecule has 1 aliphatic heterocycles. The highest BCUT2D eigenvalue weighted by atomic mass is 32.2. The van der Waals surface area contributed by atoms with Crippen LogP contribution in [0.3, 0.4) is 0 Å². The predicted octanol–water partition coefficient (Wildman–Crippen LogP) is 3.51. The van der Waals surface area contributed by atoms with E-state index >= 15 is 0 Å². The number of benzene rings is 1. The third-order valence-corrected chi connectivity index (χ3v) is 13.1. The van der Waals surface area contributed by atoms with E-state index in [0.717, 1.165) is 25.7 Å². The first kappa shape index (κ1) is 39.1. The maximum atomic E-state index is 14.6. The van der Waals surface area contributed by atoms with E-state index in [0.29, 0.717) is 47.4 Å². The number of rotatable bonds is 12. The minimum atomic E-state index is -3.92. The maximum Gasteiger partial charge on any atom is 0.408 e. The monoisotopic (exact) mass is 788 g/mol. The van der Waals surface area contributed by atoms with Crippen molar-refractivity contribution >= 4 is 45.3 Å². The largest absolute Gasteiger partial charge is 0.446 e. The SMILES string of the molecule is C=CC[C@@H]1C[C@]1(NC(=O)[C@@H]1C[C@@H](O/N=C2\c3ccccc3C(=O)c3cccnc32)CN1C(=O)[C@@H](NC(=O)OC1CCCC1)C(C)(C)C)C(=O)NS(=O)(=O)C1CC1. The molecule has 15 nitrogen and oxygen atoms in total. The number of allylic oxidation sites excluding steroid dienone is 1. The zero-order valence-electron chi connectivity index (χ0n) is 31.8. The molecule has 1 aromatic carbocycles. The lowest BCUT2D eigenvalue weighted by Crippen LogP contribution is -2.60. The van der Waals surface area contributed by atoms with Crippen LogP contribution < -0.4 is 15.4 Å². The number of amides is 4. The topological polar surface area (TPSA) is 203 Å². The number of likely N-dealkylation sites (tertiary alicyclic amines) is 1. The lowest BCUT2D eigenvalue weighted by atomic mass is 9.85. The predicted molar refractivity (Wildman–Crippen MR) is 204 cm³/mol. The van der Waals surface area contributed by atoms with E-state index in [1.165, 1.54) is 4.90 Å². The van der Waals surface area contributed by atoms with Gasteiger partial charge in [-0.25, -0.2) is 13.2 Å². The fraction of sp³-hybridized carbons (Fsp3) is 0.525. The quantitative estimate of drug-likeness (QED) is 0.180. The number of pyridine rings is 1. The van der Waals surface area contributed by atoms with Crippen LogP contribution in [0, 0.1) is 11.3 Å². The lowest BCUT2D eigenvalue weighted by Gasteiger charge is -2.35. The molecule has 1 saturated heterocycles. The second-order valence-corrected chi connectivity index (χ2v) is 18.5. The van der Waals surface area contributed by atoms with E-state index in [4.69, 9.17) is 9.57 Å². The van der Waals surface area contributed by atoms with Crippen molar-refractivity contribution in [3.8, 4) is 0 Å². The highest BCUT2D eigenvalue weighted by Gasteiger charge is 2.62. The number of nitrogens with zero attached hydrogens (tertiary/aromatic N) is 3. The van der Waals surface area contributed by atoms with Crippen molar-refractivity contribution in [2.24, 2.45) is 16.5 Å². The first-order chi connectivity index (χ1) is 26.6. The molecule has 16 heteroatoms. The molecule has 4 fully saturated rings. The standard InChI is InChI=1S/C40H48N6O9S/c1-5-11-23-21-40(23,37(50)45-56(52,53)26-17-18-26)43-35(48)30-20-25(22-46(30)36(49)34(39(2,3)4)42-38(51)54-24-12-6-7-13-24)55-44-32-27-14-8-9-15-28(27)33(47)29-16-10-19-41-31(29)32/h5,8-10,14-16,19,23-26,30,34H,1,6-7,11-13,17-18,20-22H2,2-4H3,(H,42,51)(H,43,48)(H,45,50)/b44-32+/t23-,25-,30+,34-,40-/m1/s1. The van der Waals surface area contributed by atoms with Crippen molar-refractivity contribution in [2.45, 2.75) is 114 Å². The van der Waals surface area contributed by atoms with E-state index in [1.54, 1.807) is 69.4 Å². The summed E-state index contributed by atoms with van der Waals surface area (Å²) in [4.78, 5) is 80.9. The summed E-state index contributed by atoms with van der Waals surface area (Å²) >= 11 is 0. The van der Waals surface area contributed by atoms with E-state index in [-0.39, 0.29) is 31.3 Å². The Bertz CT molecular complexity index is 2040. The number of aromatic nitrogens is 1. The molecule has 7 rings (SSSR count). The number of ketones is 1. The summed E-state index contributed by atoms with van der Waals surface area (Å²) in [6, 6.07) is 7.93. The maximum absolute atomic E-state index is 14.6. The summed E-state index contributed by atoms with van der Waals surface area (Å²) in [5, 5.41) is 9.41. The molecule has 0 radical (unpaired) electrons. The Kier molecular flexibility index (Phi) is 10.5. The number of hydrogen-bond donors (Lipinski definition) is 3. The van der Waals surface area contributed by atoms with Crippen LogP contribution >= 0.6 is 0 Å². The summed E-state index contributed by atoms with van der Waals surface area (Å²) in [5.41, 5.74) is -0.453. The number of ether oxygens (including phenoxy) is 1. The van der Waals surface area contributed by atoms with Gasteiger partial charge in [-0.15, -0.1) is 6.58 Å². The molecule has 2 heterocycles. The first-order valence-electron chi connectivity index (χ1n) is 19.2. The molecule has 2 aromatic rings. The normalized spacial score (nSPS) is 25.8. The van der Waals surface area contributed by atoms with Gasteiger partial charge in [0.05, 0.1) is 17.4 Å². The smallest absolute Gasteiger partial charge is 0.408 e. The third-order valence-electron chi connectivity index (χ3n) is 11.3. The van der Waals surface area contributed by atoms with Crippen LogP contribution in [-0.2, 0) is 34.0 Å². The molecule has 298 valence electrons. The average molecular weight is 789 g/mol. The molecular formula is C40H48N6O9S. The van der Waals surface area contributed by atoms with Gasteiger partial charge in [-0.3, -0.25) is 28.9 Å². The minimum Gasteiger partial charge on any atom is -0.446 e. The zero-order chi connectivity index (χ0) is 40.0. The Balaban J connectivity index is 1.18. The van der Waals surface area contributed by atoms with Crippen LogP contribution in [0.5, 0.6) is 0 Å². The van der Waals surface area contributed by atoms with Gasteiger partial charge >= 0.3 is 6.09 Å². The molecule has 3 saturated carbocycles. The van der Waals surface area contributed by atoms with Crippen molar-refractivity contribution in [2.75, 3.05) is 6.54 Å². The van der Waals surface area contributed by atoms with Gasteiger partial charge in [0.1, 0.15) is 41.2 Å². The Labute approximate surface area is 326 Å². The van der Waals surface area contributed by atoms with Crippen LogP contribution in [0.4, 0.5) is 4.79 Å². The number of carbonyl (C=O) groups is 5. The van der Waals surface area contributed by atoms with Crippen LogP contribution in [0.2, 0.25) is 0 Å². The highest BCUT2D eigenvalue weighted by Crippen LogP contribution is 2.47. The lowest BCUT2D eigenvalue weighted by molar-refractivity contribution is -0.143. The molecule has 4 aliphatic carbocycles. The molecule has 5 aliphatic rings. The van der Waals surface area contributed by atoms with Crippen molar-refractivity contribution < 1.29 is 42.0 Å². The first-order valence-corrected chi connectivity index (χ1v) is 20.8. The Morgan fingerprint density at radius 3 is 2.41 bits per heavy atom. The summed E-state index contributed by atoms with van der Waals surface area (Å²) in [6.45, 7) is 8.99. The summed E-state index contributed by atoms with van der Waals surface area (Å²) in [7, 11) is -3.92. The van der Waals surface area contributed by atoms with Crippen molar-refractivity contribution in [3.63, 3.8) is 0 Å². The molecule has 0 bridgehead atoms. The minimum absolute atomic E-state index is 0.0580. The molecule has 0 spiro atoms. The number of hydrogen-bond acceptors (Lipinski definition) is 11. The van der Waals surface area contributed by atoms with Crippen LogP contribution in [0.15, 0.2) is 60.4 Å².